The van der Waals surface area contributed by atoms with Gasteiger partial charge in [0.2, 0.25) is 0 Å². The van der Waals surface area contributed by atoms with Gasteiger partial charge in [0.15, 0.2) is 11.6 Å². The lowest BCUT2D eigenvalue weighted by atomic mass is 10.1. The lowest BCUT2D eigenvalue weighted by molar-refractivity contribution is 0.236. The van der Waals surface area contributed by atoms with Crippen molar-refractivity contribution in [2.45, 2.75) is 32.4 Å². The zero-order chi connectivity index (χ0) is 13.0. The van der Waals surface area contributed by atoms with E-state index in [0.717, 1.165) is 12.5 Å². The molecule has 0 saturated heterocycles. The number of hydrogen-bond donors (Lipinski definition) is 1. The summed E-state index contributed by atoms with van der Waals surface area (Å²) in [5.41, 5.74) is 6.15. The molecule has 0 bridgehead atoms. The highest BCUT2D eigenvalue weighted by Crippen LogP contribution is 2.19. The number of benzene rings is 1. The number of likely N-dealkylation sites (N-methyl/N-ethyl adjacent to an activating group) is 1. The zero-order valence-corrected chi connectivity index (χ0v) is 10.6. The van der Waals surface area contributed by atoms with Gasteiger partial charge in [0.25, 0.3) is 0 Å². The van der Waals surface area contributed by atoms with Crippen LogP contribution in [0.2, 0.25) is 0 Å². The van der Waals surface area contributed by atoms with Gasteiger partial charge in [-0.25, -0.2) is 8.78 Å². The quantitative estimate of drug-likeness (QED) is 0.860. The van der Waals surface area contributed by atoms with Crippen molar-refractivity contribution in [2.24, 2.45) is 5.73 Å². The van der Waals surface area contributed by atoms with Crippen LogP contribution in [-0.2, 0) is 0 Å². The van der Waals surface area contributed by atoms with Crippen molar-refractivity contribution in [1.82, 2.24) is 4.90 Å². The molecule has 0 aliphatic heterocycles. The second kappa shape index (κ2) is 6.07. The molecule has 17 heavy (non-hydrogen) atoms. The van der Waals surface area contributed by atoms with Crippen LogP contribution in [0, 0.1) is 11.6 Å². The highest BCUT2D eigenvalue weighted by Gasteiger charge is 2.17. The molecule has 2 unspecified atom stereocenters. The van der Waals surface area contributed by atoms with Crippen molar-refractivity contribution in [3.05, 3.63) is 35.4 Å². The first-order chi connectivity index (χ1) is 7.97. The molecule has 0 aliphatic carbocycles. The van der Waals surface area contributed by atoms with Crippen LogP contribution in [0.1, 0.15) is 31.9 Å². The monoisotopic (exact) mass is 242 g/mol. The Bertz CT molecular complexity index is 368. The molecular formula is C13H20F2N2. The van der Waals surface area contributed by atoms with Gasteiger partial charge in [-0.1, -0.05) is 19.1 Å². The first-order valence-electron chi connectivity index (χ1n) is 5.87. The molecule has 1 aromatic rings. The third kappa shape index (κ3) is 3.48. The van der Waals surface area contributed by atoms with E-state index in [1.54, 1.807) is 0 Å². The molecule has 2 N–H and O–H groups in total. The summed E-state index contributed by atoms with van der Waals surface area (Å²) in [6.45, 7) is 4.67. The molecule has 0 saturated carbocycles. The van der Waals surface area contributed by atoms with Crippen molar-refractivity contribution in [2.75, 3.05) is 13.6 Å². The summed E-state index contributed by atoms with van der Waals surface area (Å²) < 4.78 is 26.6. The number of hydrogen-bond acceptors (Lipinski definition) is 2. The first-order valence-corrected chi connectivity index (χ1v) is 5.87. The summed E-state index contributed by atoms with van der Waals surface area (Å²) in [5.74, 6) is -1.68. The Balaban J connectivity index is 2.76. The minimum Gasteiger partial charge on any atom is -0.323 e. The molecule has 0 heterocycles. The maximum atomic E-state index is 13.5. The third-order valence-corrected chi connectivity index (χ3v) is 3.21. The smallest absolute Gasteiger partial charge is 0.163 e. The van der Waals surface area contributed by atoms with E-state index in [1.807, 2.05) is 7.05 Å². The maximum absolute atomic E-state index is 13.5. The molecule has 1 aromatic carbocycles. The standard InChI is InChI=1S/C13H20F2N2/c1-4-9(2)17(3)8-12(16)10-6-5-7-11(14)13(10)15/h5-7,9,12H,4,8,16H2,1-3H3. The number of nitrogens with two attached hydrogens (primary N) is 1. The largest absolute Gasteiger partial charge is 0.323 e. The summed E-state index contributed by atoms with van der Waals surface area (Å²) in [5, 5.41) is 0. The second-order valence-electron chi connectivity index (χ2n) is 4.45. The fourth-order valence-electron chi connectivity index (χ4n) is 1.71. The van der Waals surface area contributed by atoms with E-state index in [2.05, 4.69) is 18.7 Å². The van der Waals surface area contributed by atoms with Crippen molar-refractivity contribution in [3.63, 3.8) is 0 Å². The minimum absolute atomic E-state index is 0.236. The van der Waals surface area contributed by atoms with Gasteiger partial charge in [0.05, 0.1) is 0 Å². The topological polar surface area (TPSA) is 29.3 Å². The van der Waals surface area contributed by atoms with Crippen LogP contribution in [0.15, 0.2) is 18.2 Å². The predicted molar refractivity (Wildman–Crippen MR) is 65.7 cm³/mol. The molecule has 2 atom stereocenters. The molecule has 0 fully saturated rings. The number of halogens is 2. The van der Waals surface area contributed by atoms with Crippen molar-refractivity contribution >= 4 is 0 Å². The van der Waals surface area contributed by atoms with E-state index in [9.17, 15) is 8.78 Å². The molecule has 2 nitrogen and oxygen atoms in total. The molecule has 0 spiro atoms. The van der Waals surface area contributed by atoms with Gasteiger partial charge in [-0.15, -0.1) is 0 Å². The molecule has 0 aromatic heterocycles. The van der Waals surface area contributed by atoms with Gasteiger partial charge in [-0.3, -0.25) is 0 Å². The van der Waals surface area contributed by atoms with Crippen LogP contribution in [-0.4, -0.2) is 24.5 Å². The van der Waals surface area contributed by atoms with Gasteiger partial charge in [-0.2, -0.15) is 0 Å². The van der Waals surface area contributed by atoms with Crippen molar-refractivity contribution in [1.29, 1.82) is 0 Å². The highest BCUT2D eigenvalue weighted by atomic mass is 19.2. The van der Waals surface area contributed by atoms with E-state index in [1.165, 1.54) is 12.1 Å². The summed E-state index contributed by atoms with van der Waals surface area (Å²) in [6.07, 6.45) is 0.995. The fraction of sp³-hybridized carbons (Fsp3) is 0.538. The van der Waals surface area contributed by atoms with Crippen molar-refractivity contribution < 1.29 is 8.78 Å². The van der Waals surface area contributed by atoms with Crippen LogP contribution in [0.4, 0.5) is 8.78 Å². The van der Waals surface area contributed by atoms with Crippen molar-refractivity contribution in [3.8, 4) is 0 Å². The van der Waals surface area contributed by atoms with Crippen LogP contribution < -0.4 is 5.73 Å². The lowest BCUT2D eigenvalue weighted by Crippen LogP contribution is -2.35. The fourth-order valence-corrected chi connectivity index (χ4v) is 1.71. The molecule has 1 rings (SSSR count). The molecule has 0 radical (unpaired) electrons. The van der Waals surface area contributed by atoms with E-state index in [4.69, 9.17) is 5.73 Å². The summed E-state index contributed by atoms with van der Waals surface area (Å²) >= 11 is 0. The highest BCUT2D eigenvalue weighted by molar-refractivity contribution is 5.22. The number of rotatable bonds is 5. The third-order valence-electron chi connectivity index (χ3n) is 3.21. The second-order valence-corrected chi connectivity index (χ2v) is 4.45. The van der Waals surface area contributed by atoms with Gasteiger partial charge < -0.3 is 10.6 Å². The lowest BCUT2D eigenvalue weighted by Gasteiger charge is -2.26. The summed E-state index contributed by atoms with van der Waals surface area (Å²) in [7, 11) is 1.94. The van der Waals surface area contributed by atoms with Crippen LogP contribution in [0.3, 0.4) is 0 Å². The maximum Gasteiger partial charge on any atom is 0.163 e. The minimum atomic E-state index is -0.843. The Morgan fingerprint density at radius 2 is 2.00 bits per heavy atom. The molecule has 96 valence electrons. The Hall–Kier alpha value is -1.00. The molecule has 4 heteroatoms. The van der Waals surface area contributed by atoms with E-state index >= 15 is 0 Å². The SMILES string of the molecule is CCC(C)N(C)CC(N)c1cccc(F)c1F. The predicted octanol–water partition coefficient (Wildman–Crippen LogP) is 2.69. The Morgan fingerprint density at radius 1 is 1.35 bits per heavy atom. The van der Waals surface area contributed by atoms with Gasteiger partial charge in [-0.05, 0) is 26.5 Å². The average molecular weight is 242 g/mol. The Kier molecular flexibility index (Phi) is 5.02. The molecule has 0 amide bonds. The van der Waals surface area contributed by atoms with Gasteiger partial charge in [0.1, 0.15) is 0 Å². The van der Waals surface area contributed by atoms with E-state index in [0.29, 0.717) is 12.6 Å². The summed E-state index contributed by atoms with van der Waals surface area (Å²) in [6, 6.07) is 3.98. The van der Waals surface area contributed by atoms with Gasteiger partial charge in [0, 0.05) is 24.2 Å². The Morgan fingerprint density at radius 3 is 2.59 bits per heavy atom. The normalized spacial score (nSPS) is 15.0. The van der Waals surface area contributed by atoms with Crippen LogP contribution >= 0.6 is 0 Å². The van der Waals surface area contributed by atoms with E-state index in [-0.39, 0.29) is 5.56 Å². The van der Waals surface area contributed by atoms with Crippen LogP contribution in [0.5, 0.6) is 0 Å². The first kappa shape index (κ1) is 14.1. The summed E-state index contributed by atoms with van der Waals surface area (Å²) in [4.78, 5) is 2.05. The average Bonchev–Trinajstić information content (AvgIpc) is 2.31. The molecular weight excluding hydrogens is 222 g/mol. The zero-order valence-electron chi connectivity index (χ0n) is 10.6. The number of nitrogens with zero attached hydrogens (tertiary/aromatic N) is 1. The van der Waals surface area contributed by atoms with Gasteiger partial charge >= 0.3 is 0 Å². The molecule has 0 aliphatic rings. The van der Waals surface area contributed by atoms with E-state index < -0.39 is 17.7 Å². The Labute approximate surface area is 101 Å². The van der Waals surface area contributed by atoms with Crippen LogP contribution in [0.25, 0.3) is 0 Å².